The van der Waals surface area contributed by atoms with Crippen molar-refractivity contribution < 1.29 is 9.90 Å². The van der Waals surface area contributed by atoms with Gasteiger partial charge >= 0.3 is 0 Å². The molecular weight excluding hydrogens is 210 g/mol. The number of amides is 1. The minimum absolute atomic E-state index is 0.0598. The van der Waals surface area contributed by atoms with E-state index in [1.807, 2.05) is 11.8 Å². The molecule has 1 aliphatic rings. The van der Waals surface area contributed by atoms with Crippen LogP contribution in [-0.2, 0) is 4.79 Å². The smallest absolute Gasteiger partial charge is 0.220 e. The normalized spacial score (nSPS) is 27.7. The lowest BCUT2D eigenvalue weighted by Gasteiger charge is -2.22. The molecule has 1 aliphatic heterocycles. The summed E-state index contributed by atoms with van der Waals surface area (Å²) in [5, 5.41) is 12.0. The van der Waals surface area contributed by atoms with E-state index in [-0.39, 0.29) is 16.8 Å². The van der Waals surface area contributed by atoms with Crippen molar-refractivity contribution in [3.8, 4) is 0 Å². The largest absolute Gasteiger partial charge is 0.393 e. The summed E-state index contributed by atoms with van der Waals surface area (Å²) in [6.07, 6.45) is 3.04. The van der Waals surface area contributed by atoms with E-state index in [1.54, 1.807) is 6.92 Å². The summed E-state index contributed by atoms with van der Waals surface area (Å²) in [6.45, 7) is 4.68. The maximum absolute atomic E-state index is 11.4. The third-order valence-corrected chi connectivity index (χ3v) is 4.29. The van der Waals surface area contributed by atoms with Gasteiger partial charge in [0.25, 0.3) is 0 Å². The first kappa shape index (κ1) is 12.8. The van der Waals surface area contributed by atoms with Crippen molar-refractivity contribution in [3.63, 3.8) is 0 Å². The molecule has 0 aromatic heterocycles. The van der Waals surface area contributed by atoms with Crippen LogP contribution < -0.4 is 5.32 Å². The molecule has 0 radical (unpaired) electrons. The average molecular weight is 231 g/mol. The first-order chi connectivity index (χ1) is 7.02. The second-order valence-electron chi connectivity index (χ2n) is 4.57. The van der Waals surface area contributed by atoms with Crippen LogP contribution in [0.2, 0.25) is 0 Å². The predicted molar refractivity (Wildman–Crippen MR) is 64.0 cm³/mol. The second-order valence-corrected chi connectivity index (χ2v) is 6.25. The summed E-state index contributed by atoms with van der Waals surface area (Å²) in [7, 11) is 0. The average Bonchev–Trinajstić information content (AvgIpc) is 2.60. The summed E-state index contributed by atoms with van der Waals surface area (Å²) in [5.74, 6) is 1.27. The quantitative estimate of drug-likeness (QED) is 0.755. The fraction of sp³-hybridized carbons (Fsp3) is 0.909. The van der Waals surface area contributed by atoms with Gasteiger partial charge in [-0.1, -0.05) is 0 Å². The van der Waals surface area contributed by atoms with Crippen molar-refractivity contribution in [3.05, 3.63) is 0 Å². The Morgan fingerprint density at radius 3 is 2.93 bits per heavy atom. The van der Waals surface area contributed by atoms with E-state index >= 15 is 0 Å². The summed E-state index contributed by atoms with van der Waals surface area (Å²) < 4.78 is 0.237. The van der Waals surface area contributed by atoms with Crippen LogP contribution in [0.5, 0.6) is 0 Å². The third-order valence-electron chi connectivity index (χ3n) is 2.75. The number of carbonyl (C=O) groups excluding carboxylic acids is 1. The molecule has 4 heteroatoms. The zero-order valence-electron chi connectivity index (χ0n) is 9.58. The maximum atomic E-state index is 11.4. The van der Waals surface area contributed by atoms with E-state index in [0.29, 0.717) is 12.8 Å². The molecule has 15 heavy (non-hydrogen) atoms. The molecule has 1 saturated heterocycles. The van der Waals surface area contributed by atoms with E-state index in [0.717, 1.165) is 6.54 Å². The Labute approximate surface area is 96.0 Å². The zero-order valence-corrected chi connectivity index (χ0v) is 10.4. The molecule has 88 valence electrons. The highest BCUT2D eigenvalue weighted by Gasteiger charge is 2.29. The minimum Gasteiger partial charge on any atom is -0.393 e. The highest BCUT2D eigenvalue weighted by Crippen LogP contribution is 2.36. The van der Waals surface area contributed by atoms with Gasteiger partial charge in [-0.2, -0.15) is 11.8 Å². The first-order valence-electron chi connectivity index (χ1n) is 5.60. The number of rotatable bonds is 5. The number of aliphatic hydroxyl groups excluding tert-OH is 1. The number of carbonyl (C=O) groups is 1. The molecule has 0 spiro atoms. The van der Waals surface area contributed by atoms with Gasteiger partial charge in [0.05, 0.1) is 6.10 Å². The molecule has 1 amide bonds. The molecule has 3 nitrogen and oxygen atoms in total. The van der Waals surface area contributed by atoms with Crippen LogP contribution in [0.25, 0.3) is 0 Å². The molecule has 2 unspecified atom stereocenters. The van der Waals surface area contributed by atoms with Crippen LogP contribution >= 0.6 is 11.8 Å². The van der Waals surface area contributed by atoms with Crippen molar-refractivity contribution in [2.75, 3.05) is 12.3 Å². The molecule has 0 saturated carbocycles. The van der Waals surface area contributed by atoms with Gasteiger partial charge in [0.2, 0.25) is 5.91 Å². The molecule has 0 bridgehead atoms. The fourth-order valence-electron chi connectivity index (χ4n) is 1.69. The van der Waals surface area contributed by atoms with Gasteiger partial charge in [-0.15, -0.1) is 0 Å². The summed E-state index contributed by atoms with van der Waals surface area (Å²) in [6, 6.07) is 0. The number of aliphatic hydroxyl groups is 1. The van der Waals surface area contributed by atoms with Gasteiger partial charge in [0, 0.05) is 17.7 Å². The Hall–Kier alpha value is -0.220. The lowest BCUT2D eigenvalue weighted by Crippen LogP contribution is -2.36. The summed E-state index contributed by atoms with van der Waals surface area (Å²) in [5.41, 5.74) is 0. The van der Waals surface area contributed by atoms with Crippen LogP contribution in [0, 0.1) is 0 Å². The van der Waals surface area contributed by atoms with E-state index in [2.05, 4.69) is 12.2 Å². The molecule has 0 aliphatic carbocycles. The topological polar surface area (TPSA) is 49.3 Å². The molecule has 1 heterocycles. The van der Waals surface area contributed by atoms with Crippen LogP contribution in [0.1, 0.15) is 39.5 Å². The highest BCUT2D eigenvalue weighted by molar-refractivity contribution is 8.00. The van der Waals surface area contributed by atoms with Gasteiger partial charge in [0.15, 0.2) is 0 Å². The minimum atomic E-state index is -0.382. The SMILES string of the molecule is CC(O)CCC(=O)NCC1(C)CCCS1. The zero-order chi connectivity index (χ0) is 11.3. The number of nitrogens with one attached hydrogen (secondary N) is 1. The third kappa shape index (κ3) is 4.89. The maximum Gasteiger partial charge on any atom is 0.220 e. The molecule has 1 rings (SSSR count). The summed E-state index contributed by atoms with van der Waals surface area (Å²) >= 11 is 1.95. The Morgan fingerprint density at radius 1 is 1.67 bits per heavy atom. The Morgan fingerprint density at radius 2 is 2.40 bits per heavy atom. The fourth-order valence-corrected chi connectivity index (χ4v) is 2.93. The van der Waals surface area contributed by atoms with Crippen molar-refractivity contribution in [1.29, 1.82) is 0 Å². The van der Waals surface area contributed by atoms with Crippen LogP contribution in [-0.4, -0.2) is 34.2 Å². The lowest BCUT2D eigenvalue weighted by atomic mass is 10.1. The predicted octanol–water partition coefficient (Wildman–Crippen LogP) is 1.55. The highest BCUT2D eigenvalue weighted by atomic mass is 32.2. The van der Waals surface area contributed by atoms with E-state index in [4.69, 9.17) is 5.11 Å². The van der Waals surface area contributed by atoms with E-state index < -0.39 is 0 Å². The van der Waals surface area contributed by atoms with E-state index in [1.165, 1.54) is 18.6 Å². The number of hydrogen-bond donors (Lipinski definition) is 2. The second kappa shape index (κ2) is 5.75. The van der Waals surface area contributed by atoms with Crippen LogP contribution in [0.3, 0.4) is 0 Å². The van der Waals surface area contributed by atoms with Crippen LogP contribution in [0.15, 0.2) is 0 Å². The number of thioether (sulfide) groups is 1. The molecule has 0 aromatic carbocycles. The van der Waals surface area contributed by atoms with Gasteiger partial charge in [-0.25, -0.2) is 0 Å². The molecular formula is C11H21NO2S. The standard InChI is InChI=1S/C11H21NO2S/c1-9(13)4-5-10(14)12-8-11(2)6-3-7-15-11/h9,13H,3-8H2,1-2H3,(H,12,14). The Balaban J connectivity index is 2.16. The summed E-state index contributed by atoms with van der Waals surface area (Å²) in [4.78, 5) is 11.4. The first-order valence-corrected chi connectivity index (χ1v) is 6.59. The van der Waals surface area contributed by atoms with Gasteiger partial charge in [0.1, 0.15) is 0 Å². The molecule has 1 fully saturated rings. The lowest BCUT2D eigenvalue weighted by molar-refractivity contribution is -0.121. The Bertz CT molecular complexity index is 213. The van der Waals surface area contributed by atoms with Crippen molar-refractivity contribution in [2.24, 2.45) is 0 Å². The van der Waals surface area contributed by atoms with Crippen LogP contribution in [0.4, 0.5) is 0 Å². The van der Waals surface area contributed by atoms with Gasteiger partial charge < -0.3 is 10.4 Å². The van der Waals surface area contributed by atoms with Gasteiger partial charge in [-0.05, 0) is 38.9 Å². The van der Waals surface area contributed by atoms with Crippen molar-refractivity contribution in [2.45, 2.75) is 50.4 Å². The van der Waals surface area contributed by atoms with Crippen molar-refractivity contribution in [1.82, 2.24) is 5.32 Å². The molecule has 2 atom stereocenters. The van der Waals surface area contributed by atoms with Gasteiger partial charge in [-0.3, -0.25) is 4.79 Å². The molecule has 2 N–H and O–H groups in total. The van der Waals surface area contributed by atoms with E-state index in [9.17, 15) is 4.79 Å². The number of hydrogen-bond acceptors (Lipinski definition) is 3. The van der Waals surface area contributed by atoms with Crippen molar-refractivity contribution >= 4 is 17.7 Å². The monoisotopic (exact) mass is 231 g/mol. The molecule has 0 aromatic rings. The Kier molecular flexibility index (Phi) is 4.93.